The molecule has 2 atom stereocenters. The van der Waals surface area contributed by atoms with Gasteiger partial charge in [0.05, 0.1) is 41.7 Å². The summed E-state index contributed by atoms with van der Waals surface area (Å²) < 4.78 is 16.3. The standard InChI is InChI=1S/C28H25Cl2FN4O4S/c1-34-14-19(18-4-2-3-5-23(18)34)27(39)33-22-11-20(29)15(8-21(22)30)9-25(36)35-13-16(31)10-24(35)28-32-12-17(40-28)6-7-26(37)38/h2-5,8,11-12,14,16,24H,6-7,9-10,13H2,1H3,(H,33,39)(H,37,38)/t16-,24-/m0/s1. The van der Waals surface area contributed by atoms with Crippen LogP contribution in [0.3, 0.4) is 0 Å². The van der Waals surface area contributed by atoms with E-state index >= 15 is 0 Å². The second-order valence-electron chi connectivity index (χ2n) is 9.68. The average molecular weight is 604 g/mol. The minimum absolute atomic E-state index is 0.0294. The zero-order valence-corrected chi connectivity index (χ0v) is 23.7. The highest BCUT2D eigenvalue weighted by atomic mass is 35.5. The summed E-state index contributed by atoms with van der Waals surface area (Å²) in [6, 6.07) is 10.0. The lowest BCUT2D eigenvalue weighted by atomic mass is 10.1. The molecule has 1 aliphatic rings. The molecule has 0 spiro atoms. The van der Waals surface area contributed by atoms with E-state index in [0.29, 0.717) is 28.2 Å². The monoisotopic (exact) mass is 602 g/mol. The lowest BCUT2D eigenvalue weighted by molar-refractivity contribution is -0.137. The van der Waals surface area contributed by atoms with E-state index in [2.05, 4.69) is 10.3 Å². The van der Waals surface area contributed by atoms with Gasteiger partial charge in [-0.05, 0) is 30.2 Å². The van der Waals surface area contributed by atoms with Crippen molar-refractivity contribution < 1.29 is 23.9 Å². The fourth-order valence-electron chi connectivity index (χ4n) is 4.91. The molecule has 1 aliphatic heterocycles. The van der Waals surface area contributed by atoms with Gasteiger partial charge in [0.15, 0.2) is 0 Å². The first-order chi connectivity index (χ1) is 19.1. The fourth-order valence-corrected chi connectivity index (χ4v) is 6.42. The number of likely N-dealkylation sites (tertiary alicyclic amines) is 1. The number of aliphatic carboxylic acids is 1. The van der Waals surface area contributed by atoms with Crippen LogP contribution in [0.1, 0.15) is 44.7 Å². The molecule has 0 aliphatic carbocycles. The minimum atomic E-state index is -1.20. The van der Waals surface area contributed by atoms with Crippen LogP contribution in [-0.4, -0.2) is 50.1 Å². The Labute approximate surface area is 243 Å². The Hall–Kier alpha value is -3.47. The number of carboxylic acid groups (broad SMARTS) is 1. The number of hydrogen-bond acceptors (Lipinski definition) is 5. The molecule has 2 N–H and O–H groups in total. The molecule has 208 valence electrons. The third kappa shape index (κ3) is 5.84. The largest absolute Gasteiger partial charge is 0.481 e. The molecule has 8 nitrogen and oxygen atoms in total. The number of para-hydroxylation sites is 1. The Morgan fingerprint density at radius 3 is 2.75 bits per heavy atom. The van der Waals surface area contributed by atoms with Crippen LogP contribution in [0.5, 0.6) is 0 Å². The molecule has 0 bridgehead atoms. The maximum absolute atomic E-state index is 14.4. The summed E-state index contributed by atoms with van der Waals surface area (Å²) in [5.41, 5.74) is 2.15. The third-order valence-corrected chi connectivity index (χ3v) is 8.70. The number of aromatic nitrogens is 2. The Balaban J connectivity index is 1.30. The van der Waals surface area contributed by atoms with Crippen molar-refractivity contribution in [2.45, 2.75) is 37.9 Å². The van der Waals surface area contributed by atoms with E-state index in [4.69, 9.17) is 28.3 Å². The van der Waals surface area contributed by atoms with Gasteiger partial charge < -0.3 is 19.9 Å². The molecular weight excluding hydrogens is 578 g/mol. The number of anilines is 1. The number of nitrogens with zero attached hydrogens (tertiary/aromatic N) is 3. The molecule has 0 saturated carbocycles. The summed E-state index contributed by atoms with van der Waals surface area (Å²) in [7, 11) is 1.86. The van der Waals surface area contributed by atoms with E-state index in [1.54, 1.807) is 12.4 Å². The number of fused-ring (bicyclic) bond motifs is 1. The highest BCUT2D eigenvalue weighted by Gasteiger charge is 2.38. The van der Waals surface area contributed by atoms with Crippen molar-refractivity contribution >= 4 is 68.9 Å². The number of carbonyl (C=O) groups is 3. The smallest absolute Gasteiger partial charge is 0.303 e. The second kappa shape index (κ2) is 11.6. The van der Waals surface area contributed by atoms with Crippen molar-refractivity contribution in [3.8, 4) is 0 Å². The first-order valence-corrected chi connectivity index (χ1v) is 14.1. The van der Waals surface area contributed by atoms with Gasteiger partial charge in [-0.3, -0.25) is 14.4 Å². The van der Waals surface area contributed by atoms with Crippen LogP contribution in [-0.2, 0) is 29.5 Å². The van der Waals surface area contributed by atoms with Crippen LogP contribution in [0, 0.1) is 0 Å². The molecule has 3 heterocycles. The summed E-state index contributed by atoms with van der Waals surface area (Å²) in [5.74, 6) is -1.59. The molecule has 2 aromatic carbocycles. The predicted octanol–water partition coefficient (Wildman–Crippen LogP) is 6.07. The Bertz CT molecular complexity index is 1620. The lowest BCUT2D eigenvalue weighted by Gasteiger charge is -2.23. The SMILES string of the molecule is Cn1cc(C(=O)Nc2cc(Cl)c(CC(=O)N3C[C@@H](F)C[C@H]3c3ncc(CCC(=O)O)s3)cc2Cl)c2ccccc21. The second-order valence-corrected chi connectivity index (χ2v) is 11.6. The van der Waals surface area contributed by atoms with E-state index in [-0.39, 0.29) is 47.7 Å². The van der Waals surface area contributed by atoms with E-state index in [1.165, 1.54) is 28.4 Å². The molecule has 40 heavy (non-hydrogen) atoms. The molecule has 1 saturated heterocycles. The van der Waals surface area contributed by atoms with E-state index in [9.17, 15) is 18.8 Å². The van der Waals surface area contributed by atoms with Gasteiger partial charge in [-0.25, -0.2) is 9.37 Å². The van der Waals surface area contributed by atoms with Gasteiger partial charge in [0.25, 0.3) is 5.91 Å². The number of halogens is 3. The summed E-state index contributed by atoms with van der Waals surface area (Å²) in [6.07, 6.45) is 2.42. The number of alkyl halides is 1. The van der Waals surface area contributed by atoms with E-state index in [0.717, 1.165) is 15.8 Å². The molecule has 12 heteroatoms. The van der Waals surface area contributed by atoms with Gasteiger partial charge in [-0.15, -0.1) is 11.3 Å². The molecule has 0 radical (unpaired) electrons. The van der Waals surface area contributed by atoms with Crippen molar-refractivity contribution in [2.75, 3.05) is 11.9 Å². The highest BCUT2D eigenvalue weighted by molar-refractivity contribution is 7.11. The molecule has 1 fully saturated rings. The number of rotatable bonds is 8. The molecule has 2 amide bonds. The quantitative estimate of drug-likeness (QED) is 0.255. The number of hydrogen-bond donors (Lipinski definition) is 2. The van der Waals surface area contributed by atoms with Gasteiger partial charge in [0, 0.05) is 46.7 Å². The molecule has 2 aromatic heterocycles. The van der Waals surface area contributed by atoms with Gasteiger partial charge in [0.1, 0.15) is 11.2 Å². The summed E-state index contributed by atoms with van der Waals surface area (Å²) in [5, 5.41) is 13.5. The van der Waals surface area contributed by atoms with Gasteiger partial charge in [-0.2, -0.15) is 0 Å². The number of carbonyl (C=O) groups excluding carboxylic acids is 2. The van der Waals surface area contributed by atoms with Crippen molar-refractivity contribution in [1.29, 1.82) is 0 Å². The minimum Gasteiger partial charge on any atom is -0.481 e. The number of aryl methyl sites for hydroxylation is 2. The van der Waals surface area contributed by atoms with Crippen LogP contribution < -0.4 is 5.32 Å². The van der Waals surface area contributed by atoms with E-state index < -0.39 is 18.2 Å². The maximum Gasteiger partial charge on any atom is 0.303 e. The molecule has 5 rings (SSSR count). The molecule has 0 unspecified atom stereocenters. The Morgan fingerprint density at radius 2 is 1.98 bits per heavy atom. The zero-order valence-electron chi connectivity index (χ0n) is 21.4. The third-order valence-electron chi connectivity index (χ3n) is 6.88. The molecule has 4 aromatic rings. The van der Waals surface area contributed by atoms with Crippen molar-refractivity contribution in [3.63, 3.8) is 0 Å². The van der Waals surface area contributed by atoms with E-state index in [1.807, 2.05) is 35.9 Å². The summed E-state index contributed by atoms with van der Waals surface area (Å²) in [4.78, 5) is 43.8. The number of carboxylic acids is 1. The predicted molar refractivity (Wildman–Crippen MR) is 153 cm³/mol. The summed E-state index contributed by atoms with van der Waals surface area (Å²) in [6.45, 7) is -0.0714. The lowest BCUT2D eigenvalue weighted by Crippen LogP contribution is -2.32. The number of amides is 2. The highest BCUT2D eigenvalue weighted by Crippen LogP contribution is 2.37. The van der Waals surface area contributed by atoms with Crippen LogP contribution in [0.2, 0.25) is 10.0 Å². The van der Waals surface area contributed by atoms with Crippen molar-refractivity contribution in [3.05, 3.63) is 79.8 Å². The van der Waals surface area contributed by atoms with Gasteiger partial charge >= 0.3 is 5.97 Å². The number of nitrogens with one attached hydrogen (secondary N) is 1. The zero-order chi connectivity index (χ0) is 28.6. The first-order valence-electron chi connectivity index (χ1n) is 12.5. The molecular formula is C28H25Cl2FN4O4S. The topological polar surface area (TPSA) is 105 Å². The van der Waals surface area contributed by atoms with Crippen LogP contribution in [0.4, 0.5) is 10.1 Å². The normalized spacial score (nSPS) is 16.9. The maximum atomic E-state index is 14.4. The van der Waals surface area contributed by atoms with Crippen LogP contribution in [0.25, 0.3) is 10.9 Å². The number of thiazole rings is 1. The Kier molecular flexibility index (Phi) is 8.11. The first kappa shape index (κ1) is 28.1. The fraction of sp³-hybridized carbons (Fsp3) is 0.286. The van der Waals surface area contributed by atoms with Gasteiger partial charge in [-0.1, -0.05) is 41.4 Å². The Morgan fingerprint density at radius 1 is 1.20 bits per heavy atom. The average Bonchev–Trinajstić information content (AvgIpc) is 3.63. The van der Waals surface area contributed by atoms with Crippen molar-refractivity contribution in [2.24, 2.45) is 7.05 Å². The van der Waals surface area contributed by atoms with Crippen LogP contribution in [0.15, 0.2) is 48.8 Å². The van der Waals surface area contributed by atoms with Crippen molar-refractivity contribution in [1.82, 2.24) is 14.5 Å². The van der Waals surface area contributed by atoms with Crippen LogP contribution >= 0.6 is 34.5 Å². The summed E-state index contributed by atoms with van der Waals surface area (Å²) >= 11 is 14.3. The number of benzene rings is 2. The van der Waals surface area contributed by atoms with Gasteiger partial charge in [0.2, 0.25) is 5.91 Å².